The van der Waals surface area contributed by atoms with Crippen LogP contribution >= 0.6 is 0 Å². The molecule has 3 fully saturated rings. The van der Waals surface area contributed by atoms with E-state index >= 15 is 0 Å². The Kier molecular flexibility index (Phi) is 9.18. The van der Waals surface area contributed by atoms with Crippen molar-refractivity contribution < 1.29 is 50.5 Å². The van der Waals surface area contributed by atoms with E-state index in [0.29, 0.717) is 66.2 Å². The van der Waals surface area contributed by atoms with Crippen LogP contribution in [-0.4, -0.2) is 53.3 Å². The van der Waals surface area contributed by atoms with Gasteiger partial charge in [0, 0.05) is 24.2 Å². The lowest BCUT2D eigenvalue weighted by Crippen LogP contribution is -2.38. The average Bonchev–Trinajstić information content (AvgIpc) is 3.31. The molecule has 3 heterocycles. The van der Waals surface area contributed by atoms with Crippen molar-refractivity contribution in [3.63, 3.8) is 0 Å². The molecule has 1 aliphatic carbocycles. The van der Waals surface area contributed by atoms with Crippen LogP contribution in [0.3, 0.4) is 0 Å². The number of alkyl halides is 6. The zero-order valence-electron chi connectivity index (χ0n) is 26.8. The number of carboxylic acid groups (broad SMARTS) is 1. The second-order valence-electron chi connectivity index (χ2n) is 12.9. The number of carbonyl (C=O) groups excluding carboxylic acids is 1. The number of ether oxygens (including phenoxy) is 2. The molecule has 2 aliphatic heterocycles. The van der Waals surface area contributed by atoms with Crippen molar-refractivity contribution in [1.29, 1.82) is 0 Å². The predicted molar refractivity (Wildman–Crippen MR) is 166 cm³/mol. The van der Waals surface area contributed by atoms with Gasteiger partial charge < -0.3 is 19.5 Å². The molecule has 2 aromatic carbocycles. The first-order valence-electron chi connectivity index (χ1n) is 16.1. The summed E-state index contributed by atoms with van der Waals surface area (Å²) in [5.41, 5.74) is -0.649. The normalized spacial score (nSPS) is 22.9. The molecule has 262 valence electrons. The molecule has 8 nitrogen and oxygen atoms in total. The van der Waals surface area contributed by atoms with E-state index in [0.717, 1.165) is 25.1 Å². The van der Waals surface area contributed by atoms with Crippen LogP contribution < -0.4 is 9.64 Å². The minimum absolute atomic E-state index is 0.0412. The summed E-state index contributed by atoms with van der Waals surface area (Å²) in [6.07, 6.45) is -8.92. The Labute approximate surface area is 278 Å². The van der Waals surface area contributed by atoms with Crippen molar-refractivity contribution in [2.24, 2.45) is 5.92 Å². The monoisotopic (exact) mass is 691 g/mol. The summed E-state index contributed by atoms with van der Waals surface area (Å²) in [5, 5.41) is 9.44. The van der Waals surface area contributed by atoms with Gasteiger partial charge in [-0.15, -0.1) is 0 Å². The molecule has 1 N–H and O–H groups in total. The van der Waals surface area contributed by atoms with Gasteiger partial charge in [0.25, 0.3) is 0 Å². The standard InChI is InChI=1S/C35H35F6N3O5/c1-19-31(23-14-24(34(36,37)38)17-25(15-23)35(39,40)41)49-33(47)44(19)18-28-26(9-11-30(42-28)43-12-3-13-43)27-16-22(8-10-29(27)48-2)20-4-6-21(7-5-20)32(45)46/h8-11,14-17,19-21,31H,3-7,12-13,18H2,1-2H3,(H,45,46)/t19-,20?,21?,31-/m0/s1. The lowest BCUT2D eigenvalue weighted by Gasteiger charge is -2.33. The van der Waals surface area contributed by atoms with E-state index in [9.17, 15) is 41.0 Å². The van der Waals surface area contributed by atoms with Crippen molar-refractivity contribution in [2.45, 2.75) is 76.0 Å². The second kappa shape index (κ2) is 13.1. The minimum Gasteiger partial charge on any atom is -0.496 e. The summed E-state index contributed by atoms with van der Waals surface area (Å²) in [5.74, 6) is 0.150. The number of hydrogen-bond donors (Lipinski definition) is 1. The zero-order valence-corrected chi connectivity index (χ0v) is 26.8. The van der Waals surface area contributed by atoms with Gasteiger partial charge in [-0.05, 0) is 98.5 Å². The largest absolute Gasteiger partial charge is 0.496 e. The molecule has 0 radical (unpaired) electrons. The number of benzene rings is 2. The van der Waals surface area contributed by atoms with Gasteiger partial charge >= 0.3 is 24.4 Å². The topological polar surface area (TPSA) is 92.2 Å². The maximum atomic E-state index is 13.6. The fraction of sp³-hybridized carbons (Fsp3) is 0.457. The predicted octanol–water partition coefficient (Wildman–Crippen LogP) is 8.45. The first-order chi connectivity index (χ1) is 23.1. The van der Waals surface area contributed by atoms with E-state index in [1.165, 1.54) is 18.9 Å². The summed E-state index contributed by atoms with van der Waals surface area (Å²) < 4.78 is 92.9. The Morgan fingerprint density at radius 2 is 1.57 bits per heavy atom. The quantitative estimate of drug-likeness (QED) is 0.237. The van der Waals surface area contributed by atoms with Gasteiger partial charge in [-0.3, -0.25) is 9.69 Å². The van der Waals surface area contributed by atoms with E-state index in [1.807, 2.05) is 30.3 Å². The summed E-state index contributed by atoms with van der Waals surface area (Å²) in [6, 6.07) is 9.74. The number of carbonyl (C=O) groups is 2. The highest BCUT2D eigenvalue weighted by atomic mass is 19.4. The van der Waals surface area contributed by atoms with Gasteiger partial charge in [0.2, 0.25) is 0 Å². The number of rotatable bonds is 8. The molecule has 3 aliphatic rings. The minimum atomic E-state index is -5.05. The van der Waals surface area contributed by atoms with Crippen LogP contribution in [0.5, 0.6) is 5.75 Å². The summed E-state index contributed by atoms with van der Waals surface area (Å²) >= 11 is 0. The number of amides is 1. The lowest BCUT2D eigenvalue weighted by atomic mass is 9.78. The lowest BCUT2D eigenvalue weighted by molar-refractivity contribution is -0.144. The molecular weight excluding hydrogens is 656 g/mol. The van der Waals surface area contributed by atoms with Crippen LogP contribution in [0.4, 0.5) is 37.0 Å². The molecule has 0 bridgehead atoms. The van der Waals surface area contributed by atoms with Gasteiger partial charge in [0.1, 0.15) is 17.7 Å². The molecule has 14 heteroatoms. The van der Waals surface area contributed by atoms with Gasteiger partial charge in [0.15, 0.2) is 0 Å². The first kappa shape index (κ1) is 34.4. The zero-order chi connectivity index (χ0) is 35.2. The number of anilines is 1. The highest BCUT2D eigenvalue weighted by Crippen LogP contribution is 2.44. The smallest absolute Gasteiger partial charge is 0.416 e. The van der Waals surface area contributed by atoms with Crippen LogP contribution in [0.1, 0.15) is 79.0 Å². The number of methoxy groups -OCH3 is 1. The van der Waals surface area contributed by atoms with Crippen molar-refractivity contribution >= 4 is 17.9 Å². The van der Waals surface area contributed by atoms with E-state index in [-0.39, 0.29) is 24.4 Å². The molecule has 3 aromatic rings. The second-order valence-corrected chi connectivity index (χ2v) is 12.9. The molecular formula is C35H35F6N3O5. The van der Waals surface area contributed by atoms with Crippen molar-refractivity contribution in [3.05, 3.63) is 76.5 Å². The number of halogens is 6. The maximum absolute atomic E-state index is 13.6. The van der Waals surface area contributed by atoms with E-state index in [1.54, 1.807) is 0 Å². The molecule has 0 unspecified atom stereocenters. The molecule has 2 saturated heterocycles. The Balaban J connectivity index is 1.35. The third kappa shape index (κ3) is 7.00. The Hall–Kier alpha value is -4.49. The van der Waals surface area contributed by atoms with Crippen LogP contribution in [0, 0.1) is 5.92 Å². The SMILES string of the molecule is COc1ccc(C2CCC(C(=O)O)CC2)cc1-c1ccc(N2CCC2)nc1CN1C(=O)O[C@H](c2cc(C(F)(F)F)cc(C(F)(F)F)c2)[C@@H]1C. The van der Waals surface area contributed by atoms with Crippen LogP contribution in [0.15, 0.2) is 48.5 Å². The van der Waals surface area contributed by atoms with Gasteiger partial charge in [-0.2, -0.15) is 26.3 Å². The van der Waals surface area contributed by atoms with Crippen LogP contribution in [0.2, 0.25) is 0 Å². The van der Waals surface area contributed by atoms with E-state index in [2.05, 4.69) is 4.90 Å². The average molecular weight is 692 g/mol. The molecule has 2 atom stereocenters. The highest BCUT2D eigenvalue weighted by molar-refractivity contribution is 5.76. The van der Waals surface area contributed by atoms with E-state index < -0.39 is 53.3 Å². The van der Waals surface area contributed by atoms with Crippen LogP contribution in [-0.2, 0) is 28.4 Å². The maximum Gasteiger partial charge on any atom is 0.416 e. The Bertz CT molecular complexity index is 1700. The van der Waals surface area contributed by atoms with Crippen molar-refractivity contribution in [3.8, 4) is 16.9 Å². The number of aliphatic carboxylic acids is 1. The van der Waals surface area contributed by atoms with Gasteiger partial charge in [-0.1, -0.05) is 6.07 Å². The highest BCUT2D eigenvalue weighted by Gasteiger charge is 2.44. The van der Waals surface area contributed by atoms with Crippen molar-refractivity contribution in [1.82, 2.24) is 9.88 Å². The van der Waals surface area contributed by atoms with Crippen molar-refractivity contribution in [2.75, 3.05) is 25.1 Å². The number of pyridine rings is 1. The molecule has 6 rings (SSSR count). The molecule has 49 heavy (non-hydrogen) atoms. The summed E-state index contributed by atoms with van der Waals surface area (Å²) in [7, 11) is 1.52. The number of hydrogen-bond acceptors (Lipinski definition) is 6. The number of nitrogens with zero attached hydrogens (tertiary/aromatic N) is 3. The fourth-order valence-electron chi connectivity index (χ4n) is 6.90. The number of carboxylic acids is 1. The van der Waals surface area contributed by atoms with Crippen LogP contribution in [0.25, 0.3) is 11.1 Å². The molecule has 0 spiro atoms. The number of aromatic nitrogens is 1. The molecule has 1 amide bonds. The fourth-order valence-corrected chi connectivity index (χ4v) is 6.90. The Morgan fingerprint density at radius 3 is 2.12 bits per heavy atom. The molecule has 1 saturated carbocycles. The number of cyclic esters (lactones) is 1. The third-order valence-electron chi connectivity index (χ3n) is 9.85. The summed E-state index contributed by atoms with van der Waals surface area (Å²) in [4.78, 5) is 33.0. The van der Waals surface area contributed by atoms with Gasteiger partial charge in [-0.25, -0.2) is 9.78 Å². The molecule has 1 aromatic heterocycles. The first-order valence-corrected chi connectivity index (χ1v) is 16.1. The third-order valence-corrected chi connectivity index (χ3v) is 9.85. The summed E-state index contributed by atoms with van der Waals surface area (Å²) in [6.45, 7) is 2.93. The van der Waals surface area contributed by atoms with Gasteiger partial charge in [0.05, 0.1) is 42.4 Å². The Morgan fingerprint density at radius 1 is 0.918 bits per heavy atom. The van der Waals surface area contributed by atoms with E-state index in [4.69, 9.17) is 14.5 Å².